The van der Waals surface area contributed by atoms with Crippen LogP contribution in [0, 0.1) is 24.1 Å². The number of hydrogen-bond donors (Lipinski definition) is 1. The summed E-state index contributed by atoms with van der Waals surface area (Å²) in [5, 5.41) is 23.6. The van der Waals surface area contributed by atoms with Crippen LogP contribution in [0.15, 0.2) is 47.2 Å². The van der Waals surface area contributed by atoms with Crippen molar-refractivity contribution in [3.05, 3.63) is 59.2 Å². The fourth-order valence-electron chi connectivity index (χ4n) is 2.51. The molecule has 0 spiro atoms. The molecular formula is C18H15FN4O. The number of nitriles is 1. The van der Waals surface area contributed by atoms with Gasteiger partial charge in [0.1, 0.15) is 11.9 Å². The lowest BCUT2D eigenvalue weighted by atomic mass is 10.00. The molecule has 1 aromatic heterocycles. The van der Waals surface area contributed by atoms with E-state index in [1.807, 2.05) is 13.0 Å². The summed E-state index contributed by atoms with van der Waals surface area (Å²) in [5.41, 5.74) is 2.23. The number of aliphatic imine (C=N–C) groups is 1. The third kappa shape index (κ3) is 2.61. The van der Waals surface area contributed by atoms with Gasteiger partial charge in [0.15, 0.2) is 5.84 Å². The van der Waals surface area contributed by atoms with E-state index in [4.69, 9.17) is 5.26 Å². The monoisotopic (exact) mass is 322 g/mol. The Bertz CT molecular complexity index is 945. The van der Waals surface area contributed by atoms with Crippen molar-refractivity contribution in [3.63, 3.8) is 0 Å². The van der Waals surface area contributed by atoms with Gasteiger partial charge in [-0.3, -0.25) is 0 Å². The zero-order valence-electron chi connectivity index (χ0n) is 13.3. The minimum Gasteiger partial charge on any atom is -0.493 e. The van der Waals surface area contributed by atoms with E-state index in [1.165, 1.54) is 16.9 Å². The van der Waals surface area contributed by atoms with Crippen LogP contribution >= 0.6 is 0 Å². The molecule has 6 heteroatoms. The minimum absolute atomic E-state index is 0.0279. The van der Waals surface area contributed by atoms with Gasteiger partial charge in [-0.05, 0) is 43.5 Å². The van der Waals surface area contributed by atoms with Gasteiger partial charge in [-0.2, -0.15) is 15.0 Å². The first-order valence-corrected chi connectivity index (χ1v) is 7.40. The first-order valence-electron chi connectivity index (χ1n) is 7.40. The van der Waals surface area contributed by atoms with Crippen molar-refractivity contribution in [1.82, 2.24) is 9.78 Å². The fraction of sp³-hybridized carbons (Fsp3) is 0.167. The summed E-state index contributed by atoms with van der Waals surface area (Å²) >= 11 is 0. The predicted molar refractivity (Wildman–Crippen MR) is 89.1 cm³/mol. The Morgan fingerprint density at radius 1 is 1.29 bits per heavy atom. The van der Waals surface area contributed by atoms with Crippen LogP contribution in [0.1, 0.15) is 24.5 Å². The molecule has 0 amide bonds. The molecule has 0 saturated heterocycles. The van der Waals surface area contributed by atoms with Crippen molar-refractivity contribution in [2.45, 2.75) is 20.3 Å². The summed E-state index contributed by atoms with van der Waals surface area (Å²) in [6, 6.07) is 4.80. The summed E-state index contributed by atoms with van der Waals surface area (Å²) in [4.78, 5) is 4.30. The Morgan fingerprint density at radius 2 is 2.08 bits per heavy atom. The second-order valence-electron chi connectivity index (χ2n) is 5.57. The van der Waals surface area contributed by atoms with E-state index in [-0.39, 0.29) is 17.0 Å². The number of hydrogen-bond acceptors (Lipinski definition) is 4. The topological polar surface area (TPSA) is 74.2 Å². The van der Waals surface area contributed by atoms with E-state index in [0.717, 1.165) is 12.0 Å². The maximum absolute atomic E-state index is 14.2. The number of aromatic nitrogens is 2. The minimum atomic E-state index is -0.590. The highest BCUT2D eigenvalue weighted by molar-refractivity contribution is 5.97. The second-order valence-corrected chi connectivity index (χ2v) is 5.57. The Balaban J connectivity index is 2.09. The van der Waals surface area contributed by atoms with Gasteiger partial charge < -0.3 is 5.11 Å². The predicted octanol–water partition coefficient (Wildman–Crippen LogP) is 3.69. The number of nitrogens with zero attached hydrogens (tertiary/aromatic N) is 4. The molecule has 0 atom stereocenters. The zero-order chi connectivity index (χ0) is 17.3. The Kier molecular flexibility index (Phi) is 4.00. The molecule has 24 heavy (non-hydrogen) atoms. The van der Waals surface area contributed by atoms with Crippen molar-refractivity contribution in [1.29, 1.82) is 5.26 Å². The average Bonchev–Trinajstić information content (AvgIpc) is 2.81. The first-order chi connectivity index (χ1) is 11.5. The summed E-state index contributed by atoms with van der Waals surface area (Å²) in [5.74, 6) is -0.242. The van der Waals surface area contributed by atoms with Gasteiger partial charge in [0.25, 0.3) is 0 Å². The number of benzene rings is 1. The van der Waals surface area contributed by atoms with Crippen LogP contribution in [0.4, 0.5) is 4.39 Å². The Hall–Kier alpha value is -3.20. The molecule has 3 rings (SSSR count). The lowest BCUT2D eigenvalue weighted by Gasteiger charge is -2.07. The molecule has 2 aromatic rings. The van der Waals surface area contributed by atoms with Crippen molar-refractivity contribution in [2.75, 3.05) is 0 Å². The van der Waals surface area contributed by atoms with E-state index in [9.17, 15) is 9.50 Å². The Labute approximate surface area is 138 Å². The maximum Gasteiger partial charge on any atom is 0.223 e. The van der Waals surface area contributed by atoms with Crippen molar-refractivity contribution < 1.29 is 9.50 Å². The van der Waals surface area contributed by atoms with Gasteiger partial charge in [0.05, 0.1) is 17.3 Å². The first kappa shape index (κ1) is 15.7. The highest BCUT2D eigenvalue weighted by atomic mass is 19.1. The van der Waals surface area contributed by atoms with Gasteiger partial charge in [0.2, 0.25) is 5.88 Å². The molecule has 5 nitrogen and oxygen atoms in total. The van der Waals surface area contributed by atoms with E-state index in [2.05, 4.69) is 10.1 Å². The van der Waals surface area contributed by atoms with Crippen LogP contribution in [0.25, 0.3) is 11.1 Å². The second kappa shape index (κ2) is 6.13. The molecule has 120 valence electrons. The van der Waals surface area contributed by atoms with Crippen LogP contribution in [0.3, 0.4) is 0 Å². The summed E-state index contributed by atoms with van der Waals surface area (Å²) < 4.78 is 15.5. The zero-order valence-corrected chi connectivity index (χ0v) is 13.3. The number of halogens is 1. The maximum atomic E-state index is 14.2. The smallest absolute Gasteiger partial charge is 0.223 e. The molecule has 0 fully saturated rings. The molecule has 1 aliphatic rings. The van der Waals surface area contributed by atoms with E-state index in [0.29, 0.717) is 17.0 Å². The number of allylic oxidation sites excluding steroid dienone is 3. The molecule has 0 radical (unpaired) electrons. The van der Waals surface area contributed by atoms with Crippen LogP contribution in [0.2, 0.25) is 0 Å². The Morgan fingerprint density at radius 3 is 2.83 bits per heavy atom. The molecular weight excluding hydrogens is 307 g/mol. The molecule has 0 saturated carbocycles. The molecule has 1 aliphatic heterocycles. The summed E-state index contributed by atoms with van der Waals surface area (Å²) in [7, 11) is 0. The molecule has 0 bridgehead atoms. The SMILES string of the molecule is CC1=CN=C(n2ncc(-c3ccc(C#N)c(F)c3C)c2O)C=CC1. The quantitative estimate of drug-likeness (QED) is 0.870. The average molecular weight is 322 g/mol. The third-order valence-electron chi connectivity index (χ3n) is 3.88. The van der Waals surface area contributed by atoms with E-state index >= 15 is 0 Å². The molecule has 1 aromatic carbocycles. The number of aromatic hydroxyl groups is 1. The van der Waals surface area contributed by atoms with Crippen LogP contribution < -0.4 is 0 Å². The highest BCUT2D eigenvalue weighted by Crippen LogP contribution is 2.33. The number of rotatable bonds is 1. The van der Waals surface area contributed by atoms with E-state index < -0.39 is 5.82 Å². The largest absolute Gasteiger partial charge is 0.493 e. The van der Waals surface area contributed by atoms with Gasteiger partial charge in [-0.1, -0.05) is 17.7 Å². The van der Waals surface area contributed by atoms with Crippen LogP contribution in [-0.4, -0.2) is 20.7 Å². The normalized spacial score (nSPS) is 13.9. The van der Waals surface area contributed by atoms with Gasteiger partial charge in [-0.15, -0.1) is 0 Å². The lowest BCUT2D eigenvalue weighted by Crippen LogP contribution is -2.09. The summed E-state index contributed by atoms with van der Waals surface area (Å²) in [6.07, 6.45) is 7.67. The lowest BCUT2D eigenvalue weighted by molar-refractivity contribution is 0.441. The van der Waals surface area contributed by atoms with Gasteiger partial charge in [-0.25, -0.2) is 9.38 Å². The molecule has 2 heterocycles. The third-order valence-corrected chi connectivity index (χ3v) is 3.88. The van der Waals surface area contributed by atoms with Crippen molar-refractivity contribution in [3.8, 4) is 23.1 Å². The van der Waals surface area contributed by atoms with Crippen LogP contribution in [0.5, 0.6) is 5.88 Å². The molecule has 1 N–H and O–H groups in total. The molecule has 0 unspecified atom stereocenters. The van der Waals surface area contributed by atoms with Gasteiger partial charge in [0, 0.05) is 6.20 Å². The fourth-order valence-corrected chi connectivity index (χ4v) is 2.51. The highest BCUT2D eigenvalue weighted by Gasteiger charge is 2.18. The van der Waals surface area contributed by atoms with E-state index in [1.54, 1.807) is 31.3 Å². The van der Waals surface area contributed by atoms with Gasteiger partial charge >= 0.3 is 0 Å². The van der Waals surface area contributed by atoms with Crippen molar-refractivity contribution in [2.24, 2.45) is 4.99 Å². The standard InChI is InChI=1S/C18H15FN4O/c1-11-4-3-5-16(21-9-11)23-18(24)15(10-22-23)14-7-6-13(8-20)17(19)12(14)2/h3,5-7,9-10,24H,4H2,1-2H3. The van der Waals surface area contributed by atoms with Crippen molar-refractivity contribution >= 4 is 5.84 Å². The molecule has 0 aliphatic carbocycles. The summed E-state index contributed by atoms with van der Waals surface area (Å²) in [6.45, 7) is 3.53. The van der Waals surface area contributed by atoms with Crippen LogP contribution in [-0.2, 0) is 0 Å².